The molecular weight excluding hydrogens is 412 g/mol. The molecule has 0 bridgehead atoms. The maximum Gasteiger partial charge on any atom is 0.320 e. The smallest absolute Gasteiger partial charge is 0.320 e. The summed E-state index contributed by atoms with van der Waals surface area (Å²) in [4.78, 5) is 26.6. The molecule has 0 spiro atoms. The second-order valence-electron chi connectivity index (χ2n) is 9.93. The predicted molar refractivity (Wildman–Crippen MR) is 128 cm³/mol. The largest absolute Gasteiger partial charge is 0.462 e. The summed E-state index contributed by atoms with van der Waals surface area (Å²) in [5, 5.41) is 0. The molecule has 0 unspecified atom stereocenters. The van der Waals surface area contributed by atoms with E-state index in [2.05, 4.69) is 36.4 Å². The van der Waals surface area contributed by atoms with E-state index in [-0.39, 0.29) is 12.2 Å². The number of carbonyl (C=O) groups excluding carboxylic acids is 2. The first-order chi connectivity index (χ1) is 16.2. The molecule has 3 aliphatic rings. The molecule has 4 nitrogen and oxygen atoms in total. The molecule has 2 aromatic carbocycles. The molecule has 0 heterocycles. The van der Waals surface area contributed by atoms with E-state index in [1.54, 1.807) is 0 Å². The van der Waals surface area contributed by atoms with E-state index in [1.165, 1.54) is 35.1 Å². The monoisotopic (exact) mass is 446 g/mol. The Balaban J connectivity index is 1.37. The highest BCUT2D eigenvalue weighted by Crippen LogP contribution is 2.39. The number of fused-ring (bicyclic) bond motifs is 3. The second-order valence-corrected chi connectivity index (χ2v) is 9.93. The average Bonchev–Trinajstić information content (AvgIpc) is 3.23. The molecule has 0 amide bonds. The molecule has 2 fully saturated rings. The van der Waals surface area contributed by atoms with Crippen molar-refractivity contribution < 1.29 is 19.1 Å². The fourth-order valence-corrected chi connectivity index (χ4v) is 5.76. The Morgan fingerprint density at radius 1 is 0.727 bits per heavy atom. The zero-order valence-electron chi connectivity index (χ0n) is 19.4. The second kappa shape index (κ2) is 10.1. The number of hydrogen-bond acceptors (Lipinski definition) is 4. The Morgan fingerprint density at radius 3 is 1.94 bits per heavy atom. The lowest BCUT2D eigenvalue weighted by Crippen LogP contribution is -2.35. The normalized spacial score (nSPS) is 18.6. The van der Waals surface area contributed by atoms with E-state index in [9.17, 15) is 9.59 Å². The fraction of sp³-hybridized carbons (Fsp3) is 0.517. The van der Waals surface area contributed by atoms with E-state index in [0.717, 1.165) is 63.4 Å². The van der Waals surface area contributed by atoms with Gasteiger partial charge in [-0.2, -0.15) is 0 Å². The molecule has 33 heavy (non-hydrogen) atoms. The standard InChI is InChI=1S/C29H34O4/c30-28(32-22-12-3-1-4-13-22)27(29(31)33-23-14-5-2-6-15-23)19-21-11-9-17-25-24-16-8-7-10-20(24)18-26(21)25/h7-11,16-17,22-23,27H,1-6,12-15,18-19H2. The van der Waals surface area contributed by atoms with E-state index in [0.29, 0.717) is 6.42 Å². The highest BCUT2D eigenvalue weighted by atomic mass is 16.6. The van der Waals surface area contributed by atoms with Crippen LogP contribution in [0.3, 0.4) is 0 Å². The molecule has 0 atom stereocenters. The SMILES string of the molecule is O=C(OC1CCCCC1)C(Cc1cccc2c1Cc1ccccc1-2)C(=O)OC1CCCCC1. The number of rotatable bonds is 6. The van der Waals surface area contributed by atoms with Crippen molar-refractivity contribution in [1.82, 2.24) is 0 Å². The van der Waals surface area contributed by atoms with Gasteiger partial charge in [0, 0.05) is 0 Å². The van der Waals surface area contributed by atoms with Gasteiger partial charge in [-0.1, -0.05) is 55.3 Å². The Morgan fingerprint density at radius 2 is 1.30 bits per heavy atom. The molecule has 0 aliphatic heterocycles. The van der Waals surface area contributed by atoms with Crippen LogP contribution in [0.25, 0.3) is 11.1 Å². The molecule has 5 rings (SSSR count). The minimum Gasteiger partial charge on any atom is -0.462 e. The summed E-state index contributed by atoms with van der Waals surface area (Å²) in [7, 11) is 0. The molecule has 174 valence electrons. The lowest BCUT2D eigenvalue weighted by Gasteiger charge is -2.27. The molecule has 2 aromatic rings. The molecule has 0 radical (unpaired) electrons. The van der Waals surface area contributed by atoms with Crippen LogP contribution in [-0.4, -0.2) is 24.1 Å². The minimum atomic E-state index is -0.899. The third-order valence-electron chi connectivity index (χ3n) is 7.61. The first kappa shape index (κ1) is 22.2. The number of hydrogen-bond donors (Lipinski definition) is 0. The van der Waals surface area contributed by atoms with Crippen molar-refractivity contribution in [1.29, 1.82) is 0 Å². The topological polar surface area (TPSA) is 52.6 Å². The summed E-state index contributed by atoms with van der Waals surface area (Å²) in [6.07, 6.45) is 11.3. The van der Waals surface area contributed by atoms with E-state index in [1.807, 2.05) is 6.07 Å². The maximum atomic E-state index is 13.3. The molecule has 3 aliphatic carbocycles. The van der Waals surface area contributed by atoms with Crippen LogP contribution in [-0.2, 0) is 31.9 Å². The first-order valence-corrected chi connectivity index (χ1v) is 12.8. The van der Waals surface area contributed by atoms with Crippen LogP contribution in [0.15, 0.2) is 42.5 Å². The van der Waals surface area contributed by atoms with Crippen LogP contribution in [0.5, 0.6) is 0 Å². The summed E-state index contributed by atoms with van der Waals surface area (Å²) in [5.74, 6) is -1.71. The molecule has 0 N–H and O–H groups in total. The van der Waals surface area contributed by atoms with Crippen LogP contribution in [0.1, 0.15) is 80.9 Å². The maximum absolute atomic E-state index is 13.3. The van der Waals surface area contributed by atoms with E-state index >= 15 is 0 Å². The molecule has 0 saturated heterocycles. The number of esters is 2. The van der Waals surface area contributed by atoms with Crippen molar-refractivity contribution in [3.05, 3.63) is 59.2 Å². The Bertz CT molecular complexity index is 966. The third-order valence-corrected chi connectivity index (χ3v) is 7.61. The molecule has 4 heteroatoms. The van der Waals surface area contributed by atoms with Gasteiger partial charge in [0.1, 0.15) is 12.2 Å². The van der Waals surface area contributed by atoms with Crippen LogP contribution in [0.2, 0.25) is 0 Å². The Kier molecular flexibility index (Phi) is 6.80. The van der Waals surface area contributed by atoms with Crippen molar-refractivity contribution in [2.75, 3.05) is 0 Å². The van der Waals surface area contributed by atoms with Gasteiger partial charge in [-0.3, -0.25) is 9.59 Å². The lowest BCUT2D eigenvalue weighted by atomic mass is 9.92. The molecule has 0 aromatic heterocycles. The lowest BCUT2D eigenvalue weighted by molar-refractivity contribution is -0.169. The summed E-state index contributed by atoms with van der Waals surface area (Å²) < 4.78 is 11.8. The summed E-state index contributed by atoms with van der Waals surface area (Å²) >= 11 is 0. The highest BCUT2D eigenvalue weighted by molar-refractivity contribution is 5.95. The van der Waals surface area contributed by atoms with Gasteiger partial charge in [0.15, 0.2) is 5.92 Å². The summed E-state index contributed by atoms with van der Waals surface area (Å²) in [6, 6.07) is 14.7. The molecular formula is C29H34O4. The van der Waals surface area contributed by atoms with Crippen LogP contribution in [0.4, 0.5) is 0 Å². The van der Waals surface area contributed by atoms with Gasteiger partial charge >= 0.3 is 11.9 Å². The minimum absolute atomic E-state index is 0.0676. The van der Waals surface area contributed by atoms with Crippen molar-refractivity contribution in [3.63, 3.8) is 0 Å². The van der Waals surface area contributed by atoms with Gasteiger partial charge in [0.2, 0.25) is 0 Å². The predicted octanol–water partition coefficient (Wildman–Crippen LogP) is 6.17. The number of carbonyl (C=O) groups is 2. The zero-order valence-corrected chi connectivity index (χ0v) is 19.4. The quantitative estimate of drug-likeness (QED) is 0.336. The van der Waals surface area contributed by atoms with Crippen molar-refractivity contribution in [2.24, 2.45) is 5.92 Å². The third kappa shape index (κ3) is 5.00. The van der Waals surface area contributed by atoms with Gasteiger partial charge in [-0.25, -0.2) is 0 Å². The first-order valence-electron chi connectivity index (χ1n) is 12.8. The summed E-state index contributed by atoms with van der Waals surface area (Å²) in [5.41, 5.74) is 6.03. The Labute approximate surface area is 196 Å². The van der Waals surface area contributed by atoms with Crippen molar-refractivity contribution in [2.45, 2.75) is 89.3 Å². The van der Waals surface area contributed by atoms with Gasteiger partial charge in [0.05, 0.1) is 0 Å². The van der Waals surface area contributed by atoms with Gasteiger partial charge in [-0.05, 0) is 92.0 Å². The summed E-state index contributed by atoms with van der Waals surface area (Å²) in [6.45, 7) is 0. The van der Waals surface area contributed by atoms with Crippen LogP contribution >= 0.6 is 0 Å². The molecule has 2 saturated carbocycles. The van der Waals surface area contributed by atoms with Gasteiger partial charge in [0.25, 0.3) is 0 Å². The van der Waals surface area contributed by atoms with Gasteiger partial charge in [-0.15, -0.1) is 0 Å². The van der Waals surface area contributed by atoms with Crippen molar-refractivity contribution >= 4 is 11.9 Å². The van der Waals surface area contributed by atoms with Crippen LogP contribution in [0, 0.1) is 5.92 Å². The fourth-order valence-electron chi connectivity index (χ4n) is 5.76. The average molecular weight is 447 g/mol. The highest BCUT2D eigenvalue weighted by Gasteiger charge is 2.35. The van der Waals surface area contributed by atoms with E-state index in [4.69, 9.17) is 9.47 Å². The van der Waals surface area contributed by atoms with E-state index < -0.39 is 17.9 Å². The number of ether oxygens (including phenoxy) is 2. The van der Waals surface area contributed by atoms with Gasteiger partial charge < -0.3 is 9.47 Å². The van der Waals surface area contributed by atoms with Crippen molar-refractivity contribution in [3.8, 4) is 11.1 Å². The number of benzene rings is 2. The Hall–Kier alpha value is -2.62. The zero-order chi connectivity index (χ0) is 22.6. The van der Waals surface area contributed by atoms with Crippen LogP contribution < -0.4 is 0 Å².